The van der Waals surface area contributed by atoms with E-state index < -0.39 is 0 Å². The van der Waals surface area contributed by atoms with E-state index in [9.17, 15) is 4.79 Å². The van der Waals surface area contributed by atoms with Gasteiger partial charge >= 0.3 is 0 Å². The van der Waals surface area contributed by atoms with Gasteiger partial charge in [0.2, 0.25) is 0 Å². The van der Waals surface area contributed by atoms with Crippen molar-refractivity contribution < 1.29 is 4.79 Å². The molecule has 0 N–H and O–H groups in total. The van der Waals surface area contributed by atoms with Gasteiger partial charge in [0.25, 0.3) is 5.91 Å². The van der Waals surface area contributed by atoms with Crippen LogP contribution in [0.1, 0.15) is 10.5 Å². The van der Waals surface area contributed by atoms with Crippen molar-refractivity contribution in [1.82, 2.24) is 19.4 Å². The van der Waals surface area contributed by atoms with Crippen molar-refractivity contribution in [2.45, 2.75) is 0 Å². The average Bonchev–Trinajstić information content (AvgIpc) is 3.34. The van der Waals surface area contributed by atoms with Crippen LogP contribution < -0.4 is 4.90 Å². The van der Waals surface area contributed by atoms with Crippen LogP contribution in [0.15, 0.2) is 54.4 Å². The zero-order valence-corrected chi connectivity index (χ0v) is 13.9. The molecule has 0 bridgehead atoms. The Hall–Kier alpha value is -2.67. The number of benzene rings is 1. The summed E-state index contributed by atoms with van der Waals surface area (Å²) < 4.78 is 1.84. The van der Waals surface area contributed by atoms with Gasteiger partial charge in [-0.1, -0.05) is 18.2 Å². The smallest absolute Gasteiger partial charge is 0.272 e. The maximum atomic E-state index is 12.9. The topological polar surface area (TPSA) is 54.3 Å². The van der Waals surface area contributed by atoms with E-state index >= 15 is 0 Å². The van der Waals surface area contributed by atoms with Gasteiger partial charge in [-0.3, -0.25) is 9.36 Å². The molecule has 6 nitrogen and oxygen atoms in total. The molecule has 0 saturated carbocycles. The summed E-state index contributed by atoms with van der Waals surface area (Å²) in [6.07, 6.45) is 5.15. The Bertz CT molecular complexity index is 807. The Kier molecular flexibility index (Phi) is 4.00. The Morgan fingerprint density at radius 2 is 1.88 bits per heavy atom. The minimum absolute atomic E-state index is 0.0233. The number of piperazine rings is 1. The highest BCUT2D eigenvalue weighted by atomic mass is 32.1. The van der Waals surface area contributed by atoms with Crippen molar-refractivity contribution >= 4 is 22.4 Å². The molecule has 0 spiro atoms. The summed E-state index contributed by atoms with van der Waals surface area (Å²) in [6.45, 7) is 2.99. The molecule has 2 aromatic heterocycles. The van der Waals surface area contributed by atoms with Crippen LogP contribution in [0, 0.1) is 0 Å². The predicted molar refractivity (Wildman–Crippen MR) is 93.8 cm³/mol. The summed E-state index contributed by atoms with van der Waals surface area (Å²) in [5.74, 6) is 0.0233. The first kappa shape index (κ1) is 14.9. The minimum atomic E-state index is 0.0233. The summed E-state index contributed by atoms with van der Waals surface area (Å²) >= 11 is 1.63. The second-order valence-corrected chi connectivity index (χ2v) is 6.45. The van der Waals surface area contributed by atoms with E-state index in [-0.39, 0.29) is 5.91 Å². The van der Waals surface area contributed by atoms with Gasteiger partial charge in [0, 0.05) is 43.4 Å². The number of anilines is 1. The Morgan fingerprint density at radius 1 is 1.08 bits per heavy atom. The molecule has 1 aliphatic heterocycles. The summed E-state index contributed by atoms with van der Waals surface area (Å²) in [7, 11) is 0. The van der Waals surface area contributed by atoms with Crippen LogP contribution in [0.2, 0.25) is 0 Å². The molecule has 0 radical (unpaired) electrons. The number of nitrogens with zero attached hydrogens (tertiary/aromatic N) is 5. The fourth-order valence-electron chi connectivity index (χ4n) is 2.88. The highest BCUT2D eigenvalue weighted by molar-refractivity contribution is 7.13. The fraction of sp³-hybridized carbons (Fsp3) is 0.235. The van der Waals surface area contributed by atoms with Crippen molar-refractivity contribution in [2.24, 2.45) is 0 Å². The minimum Gasteiger partial charge on any atom is -0.345 e. The van der Waals surface area contributed by atoms with Gasteiger partial charge in [0.1, 0.15) is 5.69 Å². The number of carbonyl (C=O) groups is 1. The molecular weight excluding hydrogens is 322 g/mol. The van der Waals surface area contributed by atoms with Gasteiger partial charge in [0.15, 0.2) is 5.13 Å². The normalized spacial score (nSPS) is 14.8. The molecule has 0 aliphatic carbocycles. The highest BCUT2D eigenvalue weighted by Crippen LogP contribution is 2.20. The Balaban J connectivity index is 1.49. The molecule has 1 aromatic carbocycles. The zero-order chi connectivity index (χ0) is 16.4. The maximum Gasteiger partial charge on any atom is 0.272 e. The predicted octanol–water partition coefficient (Wildman–Crippen LogP) is 2.29. The molecule has 1 aliphatic rings. The lowest BCUT2D eigenvalue weighted by molar-refractivity contribution is 0.0738. The molecule has 0 atom stereocenters. The molecule has 3 heterocycles. The average molecular weight is 339 g/mol. The second kappa shape index (κ2) is 6.45. The van der Waals surface area contributed by atoms with E-state index in [1.807, 2.05) is 51.4 Å². The van der Waals surface area contributed by atoms with Crippen LogP contribution in [-0.4, -0.2) is 51.5 Å². The number of imidazole rings is 1. The van der Waals surface area contributed by atoms with Crippen LogP contribution in [0.3, 0.4) is 0 Å². The van der Waals surface area contributed by atoms with E-state index in [2.05, 4.69) is 14.9 Å². The molecule has 24 heavy (non-hydrogen) atoms. The number of carbonyl (C=O) groups excluding carboxylic acids is 1. The van der Waals surface area contributed by atoms with E-state index in [1.165, 1.54) is 0 Å². The third-order valence-corrected chi connectivity index (χ3v) is 4.98. The van der Waals surface area contributed by atoms with E-state index in [4.69, 9.17) is 0 Å². The van der Waals surface area contributed by atoms with Gasteiger partial charge in [0.05, 0.1) is 12.5 Å². The number of hydrogen-bond acceptors (Lipinski definition) is 5. The van der Waals surface area contributed by atoms with Gasteiger partial charge < -0.3 is 9.80 Å². The second-order valence-electron chi connectivity index (χ2n) is 5.58. The molecular formula is C17H17N5OS. The fourth-order valence-corrected chi connectivity index (χ4v) is 3.58. The van der Waals surface area contributed by atoms with Crippen molar-refractivity contribution in [3.05, 3.63) is 60.1 Å². The highest BCUT2D eigenvalue weighted by Gasteiger charge is 2.25. The lowest BCUT2D eigenvalue weighted by Crippen LogP contribution is -2.49. The molecule has 122 valence electrons. The zero-order valence-electron chi connectivity index (χ0n) is 13.1. The number of para-hydroxylation sites is 1. The number of thiazole rings is 1. The number of aromatic nitrogens is 3. The van der Waals surface area contributed by atoms with Gasteiger partial charge in [-0.05, 0) is 12.1 Å². The van der Waals surface area contributed by atoms with Gasteiger partial charge in [-0.2, -0.15) is 0 Å². The van der Waals surface area contributed by atoms with E-state index in [1.54, 1.807) is 23.9 Å². The third-order valence-electron chi connectivity index (χ3n) is 4.15. The quantitative estimate of drug-likeness (QED) is 0.735. The summed E-state index contributed by atoms with van der Waals surface area (Å²) in [5, 5.41) is 3.00. The van der Waals surface area contributed by atoms with Crippen LogP contribution in [-0.2, 0) is 0 Å². The first-order valence-electron chi connectivity index (χ1n) is 7.84. The molecule has 3 aromatic rings. The first-order valence-corrected chi connectivity index (χ1v) is 8.72. The SMILES string of the molecule is O=C(c1cncn1-c1ccccc1)N1CCN(c2nccs2)CC1. The molecule has 4 rings (SSSR count). The standard InChI is InChI=1S/C17H17N5OS/c23-16(15-12-18-13-22(15)14-4-2-1-3-5-14)20-7-9-21(10-8-20)17-19-6-11-24-17/h1-6,11-13H,7-10H2. The molecule has 7 heteroatoms. The lowest BCUT2D eigenvalue weighted by atomic mass is 10.2. The monoisotopic (exact) mass is 339 g/mol. The number of hydrogen-bond donors (Lipinski definition) is 0. The summed E-state index contributed by atoms with van der Waals surface area (Å²) in [5.41, 5.74) is 1.55. The molecule has 1 saturated heterocycles. The number of rotatable bonds is 3. The molecule has 0 unspecified atom stereocenters. The van der Waals surface area contributed by atoms with Crippen LogP contribution >= 0.6 is 11.3 Å². The summed E-state index contributed by atoms with van der Waals surface area (Å²) in [6, 6.07) is 9.81. The van der Waals surface area contributed by atoms with Crippen molar-refractivity contribution in [3.63, 3.8) is 0 Å². The van der Waals surface area contributed by atoms with Gasteiger partial charge in [-0.15, -0.1) is 11.3 Å². The lowest BCUT2D eigenvalue weighted by Gasteiger charge is -2.34. The van der Waals surface area contributed by atoms with Crippen LogP contribution in [0.5, 0.6) is 0 Å². The van der Waals surface area contributed by atoms with E-state index in [0.29, 0.717) is 18.8 Å². The molecule has 1 amide bonds. The third kappa shape index (κ3) is 2.78. The Labute approximate surface area is 144 Å². The van der Waals surface area contributed by atoms with Gasteiger partial charge in [-0.25, -0.2) is 9.97 Å². The van der Waals surface area contributed by atoms with E-state index in [0.717, 1.165) is 23.9 Å². The van der Waals surface area contributed by atoms with Crippen molar-refractivity contribution in [3.8, 4) is 5.69 Å². The maximum absolute atomic E-state index is 12.9. The largest absolute Gasteiger partial charge is 0.345 e. The van der Waals surface area contributed by atoms with Crippen molar-refractivity contribution in [1.29, 1.82) is 0 Å². The van der Waals surface area contributed by atoms with Crippen LogP contribution in [0.4, 0.5) is 5.13 Å². The van der Waals surface area contributed by atoms with Crippen LogP contribution in [0.25, 0.3) is 5.69 Å². The summed E-state index contributed by atoms with van der Waals surface area (Å²) in [4.78, 5) is 25.5. The first-order chi connectivity index (χ1) is 11.8. The number of amides is 1. The van der Waals surface area contributed by atoms with Crippen molar-refractivity contribution in [2.75, 3.05) is 31.1 Å². The Morgan fingerprint density at radius 3 is 2.58 bits per heavy atom. The molecule has 1 fully saturated rings.